The van der Waals surface area contributed by atoms with Crippen molar-refractivity contribution in [2.24, 2.45) is 5.92 Å². The molecule has 0 aliphatic carbocycles. The van der Waals surface area contributed by atoms with Crippen molar-refractivity contribution in [1.82, 2.24) is 9.55 Å². The fraction of sp³-hybridized carbons (Fsp3) is 0.545. The number of aromatic nitrogens is 2. The first-order valence-electron chi connectivity index (χ1n) is 5.60. The molecule has 0 fully saturated rings. The highest BCUT2D eigenvalue weighted by Crippen LogP contribution is 2.22. The Bertz CT molecular complexity index is 590. The monoisotopic (exact) mass is 274 g/mol. The van der Waals surface area contributed by atoms with Crippen LogP contribution in [0.2, 0.25) is 0 Å². The Kier molecular flexibility index (Phi) is 4.47. The molecule has 2 N–H and O–H groups in total. The Labute approximate surface area is 107 Å². The summed E-state index contributed by atoms with van der Waals surface area (Å²) in [6, 6.07) is -1.20. The topological polar surface area (TPSA) is 101 Å². The smallest absolute Gasteiger partial charge is 0.332 e. The van der Waals surface area contributed by atoms with Crippen LogP contribution >= 0.6 is 0 Å². The van der Waals surface area contributed by atoms with Crippen molar-refractivity contribution in [2.75, 3.05) is 7.11 Å². The van der Waals surface area contributed by atoms with Crippen LogP contribution in [0.1, 0.15) is 26.3 Å². The Hall–Kier alpha value is -2.12. The number of methoxy groups -OCH3 is 1. The molecule has 1 aromatic rings. The number of halogens is 1. The molecule has 0 spiro atoms. The summed E-state index contributed by atoms with van der Waals surface area (Å²) >= 11 is 0. The van der Waals surface area contributed by atoms with Gasteiger partial charge in [-0.15, -0.1) is 0 Å². The minimum absolute atomic E-state index is 0.0228. The molecule has 7 nitrogen and oxygen atoms in total. The van der Waals surface area contributed by atoms with Crippen molar-refractivity contribution in [3.05, 3.63) is 26.7 Å². The molecule has 1 rings (SSSR count). The number of aromatic hydroxyl groups is 1. The number of esters is 1. The van der Waals surface area contributed by atoms with Crippen LogP contribution in [0.3, 0.4) is 0 Å². The van der Waals surface area contributed by atoms with Gasteiger partial charge in [0.05, 0.1) is 7.11 Å². The maximum Gasteiger partial charge on any atom is 0.332 e. The molecule has 1 heterocycles. The van der Waals surface area contributed by atoms with Crippen LogP contribution in [-0.2, 0) is 9.53 Å². The summed E-state index contributed by atoms with van der Waals surface area (Å²) in [6.45, 7) is 3.56. The quantitative estimate of drug-likeness (QED) is 0.760. The second-order valence-corrected chi connectivity index (χ2v) is 4.44. The number of carbonyl (C=O) groups is 1. The molecule has 0 aliphatic heterocycles. The Morgan fingerprint density at radius 3 is 2.53 bits per heavy atom. The highest BCUT2D eigenvalue weighted by atomic mass is 19.1. The van der Waals surface area contributed by atoms with Gasteiger partial charge in [0, 0.05) is 0 Å². The van der Waals surface area contributed by atoms with Gasteiger partial charge in [-0.3, -0.25) is 9.78 Å². The normalized spacial score (nSPS) is 12.5. The van der Waals surface area contributed by atoms with Crippen molar-refractivity contribution in [3.63, 3.8) is 0 Å². The number of rotatable bonds is 4. The molecule has 0 bridgehead atoms. The number of nitrogens with zero attached hydrogens (tertiary/aromatic N) is 1. The number of aromatic amines is 1. The number of hydrogen-bond acceptors (Lipinski definition) is 5. The van der Waals surface area contributed by atoms with Gasteiger partial charge in [-0.25, -0.2) is 14.2 Å². The van der Waals surface area contributed by atoms with E-state index in [1.807, 2.05) is 0 Å². The SMILES string of the molecule is COC(=O)C(CC(C)C)n1c(O)c(F)c(=O)[nH]c1=O. The van der Waals surface area contributed by atoms with E-state index < -0.39 is 35.0 Å². The fourth-order valence-corrected chi connectivity index (χ4v) is 1.69. The molecule has 8 heteroatoms. The molecule has 1 atom stereocenters. The van der Waals surface area contributed by atoms with Crippen LogP contribution in [0.15, 0.2) is 9.59 Å². The van der Waals surface area contributed by atoms with Crippen molar-refractivity contribution in [2.45, 2.75) is 26.3 Å². The first kappa shape index (κ1) is 14.9. The van der Waals surface area contributed by atoms with Gasteiger partial charge in [0.1, 0.15) is 6.04 Å². The molecule has 1 aromatic heterocycles. The summed E-state index contributed by atoms with van der Waals surface area (Å²) in [4.78, 5) is 35.9. The summed E-state index contributed by atoms with van der Waals surface area (Å²) in [5.41, 5.74) is -2.41. The lowest BCUT2D eigenvalue weighted by Gasteiger charge is -2.19. The lowest BCUT2D eigenvalue weighted by atomic mass is 10.0. The molecule has 0 saturated heterocycles. The van der Waals surface area contributed by atoms with Crippen molar-refractivity contribution in [3.8, 4) is 5.88 Å². The minimum Gasteiger partial charge on any atom is -0.492 e. The van der Waals surface area contributed by atoms with E-state index in [9.17, 15) is 23.9 Å². The summed E-state index contributed by atoms with van der Waals surface area (Å²) < 4.78 is 18.3. The minimum atomic E-state index is -1.52. The van der Waals surface area contributed by atoms with Crippen LogP contribution in [0, 0.1) is 11.7 Å². The molecular formula is C11H15FN2O5. The number of ether oxygens (including phenoxy) is 1. The molecule has 1 unspecified atom stereocenters. The third kappa shape index (κ3) is 3.01. The third-order valence-electron chi connectivity index (χ3n) is 2.54. The lowest BCUT2D eigenvalue weighted by molar-refractivity contribution is -0.145. The zero-order valence-corrected chi connectivity index (χ0v) is 10.8. The number of H-pyrrole nitrogens is 1. The van der Waals surface area contributed by atoms with Gasteiger partial charge in [0.2, 0.25) is 11.7 Å². The van der Waals surface area contributed by atoms with E-state index in [1.165, 1.54) is 0 Å². The van der Waals surface area contributed by atoms with E-state index in [4.69, 9.17) is 0 Å². The highest BCUT2D eigenvalue weighted by molar-refractivity contribution is 5.74. The summed E-state index contributed by atoms with van der Waals surface area (Å²) in [6.07, 6.45) is 0.144. The summed E-state index contributed by atoms with van der Waals surface area (Å²) in [5, 5.41) is 9.55. The molecule has 106 valence electrons. The third-order valence-corrected chi connectivity index (χ3v) is 2.54. The zero-order valence-electron chi connectivity index (χ0n) is 10.8. The predicted octanol–water partition coefficient (Wildman–Crippen LogP) is 0.141. The fourth-order valence-electron chi connectivity index (χ4n) is 1.69. The van der Waals surface area contributed by atoms with Gasteiger partial charge in [-0.1, -0.05) is 13.8 Å². The summed E-state index contributed by atoms with van der Waals surface area (Å²) in [5.74, 6) is -3.52. The Balaban J connectivity index is 3.46. The molecule has 0 aliphatic rings. The van der Waals surface area contributed by atoms with E-state index in [0.717, 1.165) is 7.11 Å². The van der Waals surface area contributed by atoms with E-state index >= 15 is 0 Å². The predicted molar refractivity (Wildman–Crippen MR) is 63.5 cm³/mol. The van der Waals surface area contributed by atoms with Crippen LogP contribution in [0.4, 0.5) is 4.39 Å². The molecule has 19 heavy (non-hydrogen) atoms. The Morgan fingerprint density at radius 2 is 2.05 bits per heavy atom. The van der Waals surface area contributed by atoms with Gasteiger partial charge >= 0.3 is 11.7 Å². The van der Waals surface area contributed by atoms with Crippen LogP contribution in [0.5, 0.6) is 5.88 Å². The Morgan fingerprint density at radius 1 is 1.47 bits per heavy atom. The first-order chi connectivity index (χ1) is 8.79. The van der Waals surface area contributed by atoms with Crippen LogP contribution < -0.4 is 11.2 Å². The van der Waals surface area contributed by atoms with Crippen molar-refractivity contribution < 1.29 is 19.0 Å². The maximum absolute atomic E-state index is 13.3. The van der Waals surface area contributed by atoms with Gasteiger partial charge in [-0.05, 0) is 12.3 Å². The highest BCUT2D eigenvalue weighted by Gasteiger charge is 2.28. The lowest BCUT2D eigenvalue weighted by Crippen LogP contribution is -2.37. The average molecular weight is 274 g/mol. The van der Waals surface area contributed by atoms with Gasteiger partial charge in [-0.2, -0.15) is 4.39 Å². The summed E-state index contributed by atoms with van der Waals surface area (Å²) in [7, 11) is 1.11. The molecule has 0 radical (unpaired) electrons. The first-order valence-corrected chi connectivity index (χ1v) is 5.60. The van der Waals surface area contributed by atoms with Crippen LogP contribution in [0.25, 0.3) is 0 Å². The van der Waals surface area contributed by atoms with Crippen molar-refractivity contribution >= 4 is 5.97 Å². The molecule has 0 saturated carbocycles. The second-order valence-electron chi connectivity index (χ2n) is 4.44. The van der Waals surface area contributed by atoms with E-state index in [2.05, 4.69) is 4.74 Å². The number of nitrogens with one attached hydrogen (secondary N) is 1. The zero-order chi connectivity index (χ0) is 14.7. The van der Waals surface area contributed by atoms with Gasteiger partial charge in [0.15, 0.2) is 0 Å². The average Bonchev–Trinajstić information content (AvgIpc) is 2.33. The standard InChI is InChI=1S/C11H15FN2O5/c1-5(2)4-6(10(17)19-3)14-9(16)7(12)8(15)13-11(14)18/h5-6,16H,4H2,1-3H3,(H,13,15,18). The molecule has 0 aromatic carbocycles. The van der Waals surface area contributed by atoms with E-state index in [-0.39, 0.29) is 12.3 Å². The van der Waals surface area contributed by atoms with Crippen molar-refractivity contribution in [1.29, 1.82) is 0 Å². The van der Waals surface area contributed by atoms with Gasteiger partial charge < -0.3 is 9.84 Å². The molecular weight excluding hydrogens is 259 g/mol. The second kappa shape index (κ2) is 5.68. The molecule has 0 amide bonds. The van der Waals surface area contributed by atoms with Crippen LogP contribution in [-0.4, -0.2) is 27.7 Å². The number of carbonyl (C=O) groups excluding carboxylic acids is 1. The van der Waals surface area contributed by atoms with E-state index in [1.54, 1.807) is 18.8 Å². The van der Waals surface area contributed by atoms with E-state index in [0.29, 0.717) is 4.57 Å². The van der Waals surface area contributed by atoms with Gasteiger partial charge in [0.25, 0.3) is 5.56 Å². The largest absolute Gasteiger partial charge is 0.492 e. The number of hydrogen-bond donors (Lipinski definition) is 2. The maximum atomic E-state index is 13.3.